The van der Waals surface area contributed by atoms with Crippen molar-refractivity contribution >= 4 is 49.3 Å². The van der Waals surface area contributed by atoms with Crippen molar-refractivity contribution in [3.63, 3.8) is 0 Å². The SMILES string of the molecule is C=C1C[C@@H]2/C=C/C(O)C[C@H]3O[C@H]4[C@@H](O[Si](c5ccccc5)(c5ccccc5)C(C)(C)C)[C@H]5O[C@H](CC[C@@H]5O[C@H]4[C@H]3O[Si](c3ccccc3)(c3ccccc3)C(C)(C)C)CC(=O)C[C@@H]3[C@@H](C)[C@@H](C[C@H]4CN(C(=O)OC(C)(C)C)C(C)(C)O4)O[C@H]3CC3O[C@@H](CCC1O2)C[C@@H](C)C3=C. The Morgan fingerprint density at radius 2 is 1.14 bits per heavy atom. The summed E-state index contributed by atoms with van der Waals surface area (Å²) in [4.78, 5) is 30.8. The number of amides is 1. The van der Waals surface area contributed by atoms with Crippen molar-refractivity contribution in [1.29, 1.82) is 0 Å². The van der Waals surface area contributed by atoms with E-state index in [0.29, 0.717) is 38.6 Å². The van der Waals surface area contributed by atoms with Gasteiger partial charge in [0.15, 0.2) is 0 Å². The summed E-state index contributed by atoms with van der Waals surface area (Å²) in [5.74, 6) is 0.101. The third-order valence-electron chi connectivity index (χ3n) is 22.4. The quantitative estimate of drug-likeness (QED) is 0.119. The van der Waals surface area contributed by atoms with Gasteiger partial charge in [0.1, 0.15) is 47.6 Å². The average molecular weight is 1350 g/mol. The Balaban J connectivity index is 0.937. The van der Waals surface area contributed by atoms with Crippen LogP contribution in [0.3, 0.4) is 0 Å². The Bertz CT molecular complexity index is 3290. The molecule has 19 atom stereocenters. The van der Waals surface area contributed by atoms with E-state index in [9.17, 15) is 9.90 Å². The number of hydrogen-bond donors (Lipinski definition) is 1. The lowest BCUT2D eigenvalue weighted by molar-refractivity contribution is -0.254. The van der Waals surface area contributed by atoms with Crippen molar-refractivity contribution in [1.82, 2.24) is 4.90 Å². The number of nitrogens with zero attached hydrogens (tertiary/aromatic N) is 1. The number of hydrogen-bond acceptors (Lipinski definition) is 13. The molecule has 520 valence electrons. The summed E-state index contributed by atoms with van der Waals surface area (Å²) < 4.78 is 73.4. The van der Waals surface area contributed by atoms with Gasteiger partial charge in [0, 0.05) is 38.5 Å². The van der Waals surface area contributed by atoms with Crippen LogP contribution in [0.2, 0.25) is 10.1 Å². The fourth-order valence-electron chi connectivity index (χ4n) is 17.6. The molecule has 7 saturated heterocycles. The number of carbonyl (C=O) groups excluding carboxylic acids is 2. The van der Waals surface area contributed by atoms with E-state index in [1.165, 1.54) is 0 Å². The Hall–Kier alpha value is -4.93. The Morgan fingerprint density at radius 3 is 1.70 bits per heavy atom. The molecule has 8 bridgehead atoms. The first-order chi connectivity index (χ1) is 45.5. The van der Waals surface area contributed by atoms with Crippen molar-refractivity contribution in [2.24, 2.45) is 17.8 Å². The molecule has 8 aliphatic rings. The standard InChI is InChI=1S/C80H109NO13Si2/c1-50-42-57-38-40-65-51(2)43-56(85-65)37-36-54(82)46-70-72(93-95(78(8,9)10,60-28-20-16-21-29-60)61-30-22-17-23-31-61)73-74(90-70)75(94-96(79(11,12)13,62-32-24-18-25-33-62)63-34-26-19-27-35-63)71-66(89-73)41-39-58(87-71)44-55(83)45-64-53(4)67(88-69(64)48-68(86-57)52(50)3)47-59-49-81(80(14,15)91-59)76(84)92-77(5,6)7/h16-37,50,53-54,56-59,64-75,82H,2-3,38-49H2,1,4-15H3/b37-36+/t50-,53-,54?,56+,57+,58-,59+,64-,65?,66+,67-,68?,69+,70-,71+,72+,73+,74-,75+/m1/s1. The molecule has 0 aliphatic carbocycles. The van der Waals surface area contributed by atoms with Crippen molar-refractivity contribution in [3.05, 3.63) is 158 Å². The van der Waals surface area contributed by atoms with Crippen LogP contribution in [0.25, 0.3) is 0 Å². The molecule has 3 unspecified atom stereocenters. The van der Waals surface area contributed by atoms with Crippen molar-refractivity contribution < 1.29 is 61.4 Å². The summed E-state index contributed by atoms with van der Waals surface area (Å²) in [6.45, 7) is 37.2. The van der Waals surface area contributed by atoms with Crippen LogP contribution < -0.4 is 20.7 Å². The molecular formula is C80H109NO13Si2. The van der Waals surface area contributed by atoms with Gasteiger partial charge in [0.2, 0.25) is 0 Å². The summed E-state index contributed by atoms with van der Waals surface area (Å²) in [6, 6.07) is 42.8. The monoisotopic (exact) mass is 1350 g/mol. The van der Waals surface area contributed by atoms with E-state index in [0.717, 1.165) is 51.2 Å². The fraction of sp³-hybridized carbons (Fsp3) is 0.600. The molecule has 7 fully saturated rings. The zero-order valence-corrected chi connectivity index (χ0v) is 61.4. The Kier molecular flexibility index (Phi) is 20.9. The normalized spacial score (nSPS) is 35.1. The van der Waals surface area contributed by atoms with E-state index < -0.39 is 99.1 Å². The first-order valence-electron chi connectivity index (χ1n) is 35.9. The molecule has 0 saturated carbocycles. The van der Waals surface area contributed by atoms with Gasteiger partial charge in [-0.25, -0.2) is 4.79 Å². The van der Waals surface area contributed by atoms with Gasteiger partial charge in [-0.3, -0.25) is 9.69 Å². The van der Waals surface area contributed by atoms with Gasteiger partial charge in [0.25, 0.3) is 16.6 Å². The molecule has 0 aromatic heterocycles. The highest BCUT2D eigenvalue weighted by Crippen LogP contribution is 2.50. The summed E-state index contributed by atoms with van der Waals surface area (Å²) in [7, 11) is -6.74. The highest BCUT2D eigenvalue weighted by molar-refractivity contribution is 7.00. The molecule has 4 aromatic carbocycles. The van der Waals surface area contributed by atoms with Gasteiger partial charge >= 0.3 is 6.09 Å². The lowest BCUT2D eigenvalue weighted by atomic mass is 9.78. The molecule has 96 heavy (non-hydrogen) atoms. The number of rotatable bonds is 10. The third kappa shape index (κ3) is 14.5. The van der Waals surface area contributed by atoms with Crippen molar-refractivity contribution in [3.8, 4) is 0 Å². The van der Waals surface area contributed by atoms with E-state index in [4.69, 9.17) is 46.7 Å². The summed E-state index contributed by atoms with van der Waals surface area (Å²) in [5, 5.41) is 16.2. The highest BCUT2D eigenvalue weighted by atomic mass is 28.4. The number of carbonyl (C=O) groups is 2. The lowest BCUT2D eigenvalue weighted by Gasteiger charge is -2.53. The van der Waals surface area contributed by atoms with Crippen molar-refractivity contribution in [2.45, 2.75) is 280 Å². The molecule has 8 aliphatic heterocycles. The number of ketones is 1. The second-order valence-corrected chi connectivity index (χ2v) is 41.3. The maximum Gasteiger partial charge on any atom is 0.412 e. The number of Topliss-reactive ketones (excluding diaryl/α,β-unsaturated/α-hetero) is 1. The zero-order valence-electron chi connectivity index (χ0n) is 59.4. The number of aliphatic hydroxyl groups excluding tert-OH is 1. The molecule has 1 N–H and O–H groups in total. The van der Waals surface area contributed by atoms with E-state index in [-0.39, 0.29) is 85.5 Å². The number of ether oxygens (including phenoxy) is 8. The molecule has 12 rings (SSSR count). The second kappa shape index (κ2) is 28.2. The molecule has 4 aromatic rings. The van der Waals surface area contributed by atoms with Gasteiger partial charge in [-0.2, -0.15) is 0 Å². The zero-order chi connectivity index (χ0) is 68.3. The minimum absolute atomic E-state index is 0.0453. The third-order valence-corrected chi connectivity index (χ3v) is 32.4. The summed E-state index contributed by atoms with van der Waals surface area (Å²) >= 11 is 0. The topological polar surface area (TPSA) is 150 Å². The largest absolute Gasteiger partial charge is 0.444 e. The minimum Gasteiger partial charge on any atom is -0.444 e. The second-order valence-electron chi connectivity index (χ2n) is 32.8. The summed E-state index contributed by atoms with van der Waals surface area (Å²) in [5.41, 5.74) is 0.505. The molecule has 8 heterocycles. The number of fused-ring (bicyclic) bond motifs is 7. The maximum absolute atomic E-state index is 15.4. The van der Waals surface area contributed by atoms with Gasteiger partial charge < -0.3 is 51.9 Å². The number of aliphatic hydroxyl groups is 1. The van der Waals surface area contributed by atoms with Crippen LogP contribution in [-0.2, 0) is 51.5 Å². The predicted molar refractivity (Wildman–Crippen MR) is 380 cm³/mol. The van der Waals surface area contributed by atoms with Crippen LogP contribution in [0, 0.1) is 17.8 Å². The summed E-state index contributed by atoms with van der Waals surface area (Å²) in [6.07, 6.45) is 1.71. The van der Waals surface area contributed by atoms with Gasteiger partial charge in [-0.1, -0.05) is 202 Å². The maximum atomic E-state index is 15.4. The van der Waals surface area contributed by atoms with Crippen LogP contribution >= 0.6 is 0 Å². The number of benzene rings is 4. The van der Waals surface area contributed by atoms with Crippen LogP contribution in [0.5, 0.6) is 0 Å². The molecule has 1 amide bonds. The fourth-order valence-corrected chi connectivity index (χ4v) is 27.0. The molecule has 16 heteroatoms. The van der Waals surface area contributed by atoms with E-state index in [2.05, 4.69) is 190 Å². The molecule has 0 spiro atoms. The highest BCUT2D eigenvalue weighted by Gasteiger charge is 2.65. The Labute approximate surface area is 574 Å². The van der Waals surface area contributed by atoms with Crippen molar-refractivity contribution in [2.75, 3.05) is 6.54 Å². The average Bonchev–Trinajstić information content (AvgIpc) is 1.31. The van der Waals surface area contributed by atoms with E-state index >= 15 is 4.79 Å². The van der Waals surface area contributed by atoms with E-state index in [1.807, 2.05) is 46.8 Å². The predicted octanol–water partition coefficient (Wildman–Crippen LogP) is 12.6. The van der Waals surface area contributed by atoms with Crippen LogP contribution in [0.1, 0.15) is 161 Å². The van der Waals surface area contributed by atoms with Crippen LogP contribution in [-0.4, -0.2) is 154 Å². The van der Waals surface area contributed by atoms with Crippen LogP contribution in [0.4, 0.5) is 4.79 Å². The lowest BCUT2D eigenvalue weighted by Crippen LogP contribution is -2.73. The van der Waals surface area contributed by atoms with E-state index in [1.54, 1.807) is 4.90 Å². The van der Waals surface area contributed by atoms with Gasteiger partial charge in [0.05, 0.1) is 73.7 Å². The van der Waals surface area contributed by atoms with Gasteiger partial charge in [-0.15, -0.1) is 0 Å². The Morgan fingerprint density at radius 1 is 0.594 bits per heavy atom. The minimum atomic E-state index is -3.40. The molecule has 14 nitrogen and oxygen atoms in total. The smallest absolute Gasteiger partial charge is 0.412 e. The van der Waals surface area contributed by atoms with Crippen LogP contribution in [0.15, 0.2) is 158 Å². The van der Waals surface area contributed by atoms with Gasteiger partial charge in [-0.05, 0) is 126 Å². The first-order valence-corrected chi connectivity index (χ1v) is 39.8. The first kappa shape index (κ1) is 70.9. The molecule has 0 radical (unpaired) electrons. The molecular weight excluding hydrogens is 1240 g/mol.